The molecule has 0 aliphatic heterocycles. The van der Waals surface area contributed by atoms with Gasteiger partial charge in [0.2, 0.25) is 0 Å². The SMILES string of the molecule is CCOC(=O)c1ccccc1CSc1ccc(C)cc1. The fraction of sp³-hybridized carbons (Fsp3) is 0.235. The number of hydrogen-bond acceptors (Lipinski definition) is 3. The van der Waals surface area contributed by atoms with E-state index < -0.39 is 0 Å². The summed E-state index contributed by atoms with van der Waals surface area (Å²) >= 11 is 1.72. The average Bonchev–Trinajstić information content (AvgIpc) is 2.47. The monoisotopic (exact) mass is 286 g/mol. The highest BCUT2D eigenvalue weighted by Gasteiger charge is 2.11. The molecule has 0 amide bonds. The Kier molecular flexibility index (Phi) is 5.24. The van der Waals surface area contributed by atoms with Crippen LogP contribution in [0.25, 0.3) is 0 Å². The maximum atomic E-state index is 11.9. The predicted molar refractivity (Wildman–Crippen MR) is 83.1 cm³/mol. The van der Waals surface area contributed by atoms with E-state index in [0.29, 0.717) is 12.2 Å². The molecule has 2 nitrogen and oxygen atoms in total. The van der Waals surface area contributed by atoms with Gasteiger partial charge < -0.3 is 4.74 Å². The molecule has 0 aromatic heterocycles. The van der Waals surface area contributed by atoms with E-state index in [1.807, 2.05) is 31.2 Å². The average molecular weight is 286 g/mol. The number of carbonyl (C=O) groups is 1. The van der Waals surface area contributed by atoms with Gasteiger partial charge in [0.05, 0.1) is 12.2 Å². The van der Waals surface area contributed by atoms with Crippen molar-refractivity contribution in [2.24, 2.45) is 0 Å². The van der Waals surface area contributed by atoms with Crippen LogP contribution in [0.4, 0.5) is 0 Å². The van der Waals surface area contributed by atoms with Crippen LogP contribution in [0.15, 0.2) is 53.4 Å². The lowest BCUT2D eigenvalue weighted by Gasteiger charge is -2.08. The van der Waals surface area contributed by atoms with Crippen LogP contribution < -0.4 is 0 Å². The molecule has 0 saturated carbocycles. The Hall–Kier alpha value is -1.74. The summed E-state index contributed by atoms with van der Waals surface area (Å²) in [5, 5.41) is 0. The summed E-state index contributed by atoms with van der Waals surface area (Å²) in [5.41, 5.74) is 2.92. The summed E-state index contributed by atoms with van der Waals surface area (Å²) in [5.74, 6) is 0.519. The number of rotatable bonds is 5. The van der Waals surface area contributed by atoms with Crippen LogP contribution in [0.3, 0.4) is 0 Å². The molecule has 2 rings (SSSR count). The van der Waals surface area contributed by atoms with Gasteiger partial charge >= 0.3 is 5.97 Å². The van der Waals surface area contributed by atoms with Crippen molar-refractivity contribution in [1.82, 2.24) is 0 Å². The summed E-state index contributed by atoms with van der Waals surface area (Å²) < 4.78 is 5.09. The minimum Gasteiger partial charge on any atom is -0.462 e. The molecule has 104 valence electrons. The van der Waals surface area contributed by atoms with Gasteiger partial charge in [-0.1, -0.05) is 35.9 Å². The molecule has 0 heterocycles. The van der Waals surface area contributed by atoms with Gasteiger partial charge in [0.1, 0.15) is 0 Å². The zero-order chi connectivity index (χ0) is 14.4. The molecule has 3 heteroatoms. The Morgan fingerprint density at radius 3 is 2.50 bits per heavy atom. The van der Waals surface area contributed by atoms with Crippen molar-refractivity contribution in [2.75, 3.05) is 6.61 Å². The number of benzene rings is 2. The molecule has 0 aliphatic rings. The molecular weight excluding hydrogens is 268 g/mol. The lowest BCUT2D eigenvalue weighted by atomic mass is 10.1. The third-order valence-electron chi connectivity index (χ3n) is 2.93. The highest BCUT2D eigenvalue weighted by atomic mass is 32.2. The maximum absolute atomic E-state index is 11.9. The molecule has 0 N–H and O–H groups in total. The molecule has 0 atom stereocenters. The number of carbonyl (C=O) groups excluding carboxylic acids is 1. The Labute approximate surface area is 124 Å². The molecule has 0 fully saturated rings. The van der Waals surface area contributed by atoms with Crippen LogP contribution in [-0.2, 0) is 10.5 Å². The Balaban J connectivity index is 2.09. The van der Waals surface area contributed by atoms with Crippen LogP contribution in [0, 0.1) is 6.92 Å². The van der Waals surface area contributed by atoms with Crippen molar-refractivity contribution >= 4 is 17.7 Å². The normalized spacial score (nSPS) is 10.3. The van der Waals surface area contributed by atoms with Crippen molar-refractivity contribution in [1.29, 1.82) is 0 Å². The Morgan fingerprint density at radius 1 is 1.10 bits per heavy atom. The molecule has 2 aromatic carbocycles. The quantitative estimate of drug-likeness (QED) is 0.599. The van der Waals surface area contributed by atoms with Gasteiger partial charge in [0, 0.05) is 10.6 Å². The van der Waals surface area contributed by atoms with Crippen molar-refractivity contribution < 1.29 is 9.53 Å². The number of aryl methyl sites for hydroxylation is 1. The topological polar surface area (TPSA) is 26.3 Å². The van der Waals surface area contributed by atoms with Gasteiger partial charge in [-0.2, -0.15) is 0 Å². The van der Waals surface area contributed by atoms with Crippen molar-refractivity contribution in [3.05, 3.63) is 65.2 Å². The van der Waals surface area contributed by atoms with Crippen LogP contribution in [-0.4, -0.2) is 12.6 Å². The molecule has 0 spiro atoms. The summed E-state index contributed by atoms with van der Waals surface area (Å²) in [6, 6.07) is 16.0. The van der Waals surface area contributed by atoms with Crippen LogP contribution in [0.1, 0.15) is 28.4 Å². The van der Waals surface area contributed by atoms with E-state index in [-0.39, 0.29) is 5.97 Å². The highest BCUT2D eigenvalue weighted by Crippen LogP contribution is 2.25. The van der Waals surface area contributed by atoms with Gasteiger partial charge in [0.25, 0.3) is 0 Å². The van der Waals surface area contributed by atoms with E-state index in [4.69, 9.17) is 4.74 Å². The van der Waals surface area contributed by atoms with Gasteiger partial charge in [-0.05, 0) is 37.6 Å². The smallest absolute Gasteiger partial charge is 0.338 e. The molecular formula is C17H18O2S. The van der Waals surface area contributed by atoms with E-state index in [1.165, 1.54) is 10.5 Å². The molecule has 0 aliphatic carbocycles. The first-order valence-electron chi connectivity index (χ1n) is 6.65. The van der Waals surface area contributed by atoms with Crippen LogP contribution in [0.5, 0.6) is 0 Å². The minimum absolute atomic E-state index is 0.243. The fourth-order valence-electron chi connectivity index (χ4n) is 1.85. The number of esters is 1. The van der Waals surface area contributed by atoms with Crippen molar-refractivity contribution in [3.8, 4) is 0 Å². The first-order valence-corrected chi connectivity index (χ1v) is 7.63. The second-order valence-electron chi connectivity index (χ2n) is 4.48. The standard InChI is InChI=1S/C17H18O2S/c1-3-19-17(18)16-7-5-4-6-14(16)12-20-15-10-8-13(2)9-11-15/h4-11H,3,12H2,1-2H3. The molecule has 20 heavy (non-hydrogen) atoms. The van der Waals surface area contributed by atoms with E-state index >= 15 is 0 Å². The highest BCUT2D eigenvalue weighted by molar-refractivity contribution is 7.98. The second kappa shape index (κ2) is 7.15. The second-order valence-corrected chi connectivity index (χ2v) is 5.53. The fourth-order valence-corrected chi connectivity index (χ4v) is 2.75. The van der Waals surface area contributed by atoms with Gasteiger partial charge in [-0.15, -0.1) is 11.8 Å². The minimum atomic E-state index is -0.243. The van der Waals surface area contributed by atoms with Crippen LogP contribution in [0.2, 0.25) is 0 Å². The third-order valence-corrected chi connectivity index (χ3v) is 3.99. The Morgan fingerprint density at radius 2 is 1.80 bits per heavy atom. The molecule has 0 bridgehead atoms. The first-order chi connectivity index (χ1) is 9.70. The van der Waals surface area contributed by atoms with E-state index in [0.717, 1.165) is 11.3 Å². The Bertz CT molecular complexity index is 576. The summed E-state index contributed by atoms with van der Waals surface area (Å²) in [6.07, 6.45) is 0. The predicted octanol–water partition coefficient (Wildman–Crippen LogP) is 4.46. The van der Waals surface area contributed by atoms with Crippen molar-refractivity contribution in [3.63, 3.8) is 0 Å². The van der Waals surface area contributed by atoms with Crippen LogP contribution >= 0.6 is 11.8 Å². The zero-order valence-electron chi connectivity index (χ0n) is 11.8. The summed E-state index contributed by atoms with van der Waals surface area (Å²) in [6.45, 7) is 4.30. The van der Waals surface area contributed by atoms with Gasteiger partial charge in [-0.25, -0.2) is 4.79 Å². The number of thioether (sulfide) groups is 1. The summed E-state index contributed by atoms with van der Waals surface area (Å²) in [4.78, 5) is 13.1. The third kappa shape index (κ3) is 3.87. The molecule has 0 saturated heterocycles. The summed E-state index contributed by atoms with van der Waals surface area (Å²) in [7, 11) is 0. The lowest BCUT2D eigenvalue weighted by Crippen LogP contribution is -2.07. The zero-order valence-corrected chi connectivity index (χ0v) is 12.6. The van der Waals surface area contributed by atoms with E-state index in [9.17, 15) is 4.79 Å². The first kappa shape index (κ1) is 14.7. The molecule has 0 unspecified atom stereocenters. The molecule has 0 radical (unpaired) electrons. The lowest BCUT2D eigenvalue weighted by molar-refractivity contribution is 0.0525. The van der Waals surface area contributed by atoms with Gasteiger partial charge in [0.15, 0.2) is 0 Å². The largest absolute Gasteiger partial charge is 0.462 e. The molecule has 2 aromatic rings. The van der Waals surface area contributed by atoms with E-state index in [1.54, 1.807) is 11.8 Å². The van der Waals surface area contributed by atoms with Crippen molar-refractivity contribution in [2.45, 2.75) is 24.5 Å². The number of ether oxygens (including phenoxy) is 1. The van der Waals surface area contributed by atoms with Gasteiger partial charge in [-0.3, -0.25) is 0 Å². The van der Waals surface area contributed by atoms with E-state index in [2.05, 4.69) is 31.2 Å². The maximum Gasteiger partial charge on any atom is 0.338 e. The number of hydrogen-bond donors (Lipinski definition) is 0.